The van der Waals surface area contributed by atoms with Crippen molar-refractivity contribution in [3.05, 3.63) is 65.7 Å². The Morgan fingerprint density at radius 2 is 1.59 bits per heavy atom. The topological polar surface area (TPSA) is 47.6 Å². The highest BCUT2D eigenvalue weighted by molar-refractivity contribution is 7.58. The van der Waals surface area contributed by atoms with Crippen molar-refractivity contribution in [2.24, 2.45) is 0 Å². The lowest BCUT2D eigenvalue weighted by Gasteiger charge is -2.29. The van der Waals surface area contributed by atoms with E-state index in [-0.39, 0.29) is 19.8 Å². The van der Waals surface area contributed by atoms with Crippen LogP contribution in [-0.2, 0) is 17.8 Å². The van der Waals surface area contributed by atoms with Crippen LogP contribution in [0.5, 0.6) is 5.75 Å². The second-order valence-electron chi connectivity index (χ2n) is 8.01. The van der Waals surface area contributed by atoms with Gasteiger partial charge in [-0.15, -0.1) is 0 Å². The van der Waals surface area contributed by atoms with Gasteiger partial charge in [-0.3, -0.25) is 0 Å². The molecule has 0 aromatic heterocycles. The maximum absolute atomic E-state index is 12.3. The van der Waals surface area contributed by atoms with Gasteiger partial charge in [0.1, 0.15) is 18.0 Å². The van der Waals surface area contributed by atoms with Gasteiger partial charge in [-0.1, -0.05) is 64.2 Å². The zero-order valence-corrected chi connectivity index (χ0v) is 19.2. The number of hydrogen-bond donors (Lipinski definition) is 1. The number of benzene rings is 2. The van der Waals surface area contributed by atoms with Crippen LogP contribution in [0.15, 0.2) is 54.6 Å². The number of amides is 1. The molecule has 0 radical (unpaired) electrons. The molecule has 0 aliphatic heterocycles. The average molecular weight is 416 g/mol. The first-order valence-electron chi connectivity index (χ1n) is 10.3. The number of alkyl carbamates (subject to hydrolysis) is 1. The fraction of sp³-hybridized carbons (Fsp3) is 0.458. The van der Waals surface area contributed by atoms with Crippen LogP contribution in [0.1, 0.15) is 45.7 Å². The van der Waals surface area contributed by atoms with E-state index in [1.54, 1.807) is 0 Å². The van der Waals surface area contributed by atoms with E-state index in [4.69, 9.17) is 9.47 Å². The summed E-state index contributed by atoms with van der Waals surface area (Å²) >= 11 is 0. The molecule has 1 unspecified atom stereocenters. The Labute approximate surface area is 176 Å². The molecular weight excluding hydrogens is 381 g/mol. The van der Waals surface area contributed by atoms with Gasteiger partial charge in [-0.2, -0.15) is 0 Å². The van der Waals surface area contributed by atoms with E-state index in [0.29, 0.717) is 6.61 Å². The van der Waals surface area contributed by atoms with Crippen LogP contribution < -0.4 is 10.1 Å². The molecule has 1 amide bonds. The van der Waals surface area contributed by atoms with Crippen molar-refractivity contribution >= 4 is 14.0 Å². The minimum Gasteiger partial charge on any atom is -0.489 e. The smallest absolute Gasteiger partial charge is 0.408 e. The summed E-state index contributed by atoms with van der Waals surface area (Å²) in [5, 5.41) is 3.12. The summed E-state index contributed by atoms with van der Waals surface area (Å²) in [7, 11) is -0.305. The van der Waals surface area contributed by atoms with Crippen molar-refractivity contribution in [1.29, 1.82) is 0 Å². The van der Waals surface area contributed by atoms with Gasteiger partial charge in [0.2, 0.25) is 0 Å². The number of carbonyl (C=O) groups is 1. The molecule has 0 saturated carbocycles. The monoisotopic (exact) mass is 415 g/mol. The standard InChI is InChI=1S/C24H34NO3P/c1-6-29(7-2)22(25-23(26)28-24(3,4)5)17-19-13-15-21(16-14-19)27-18-20-11-9-8-10-12-20/h8-16,22H,6-7,17-18H2,1-5H3,(H,25,26). The van der Waals surface area contributed by atoms with E-state index in [9.17, 15) is 4.79 Å². The minimum atomic E-state index is -0.493. The Morgan fingerprint density at radius 3 is 2.14 bits per heavy atom. The predicted molar refractivity (Wildman–Crippen MR) is 122 cm³/mol. The summed E-state index contributed by atoms with van der Waals surface area (Å²) < 4.78 is 11.4. The van der Waals surface area contributed by atoms with Crippen LogP contribution in [0.2, 0.25) is 0 Å². The lowest BCUT2D eigenvalue weighted by molar-refractivity contribution is 0.0521. The predicted octanol–water partition coefficient (Wildman–Crippen LogP) is 6.18. The molecule has 1 N–H and O–H groups in total. The molecular formula is C24H34NO3P. The summed E-state index contributed by atoms with van der Waals surface area (Å²) in [6.45, 7) is 10.6. The van der Waals surface area contributed by atoms with Crippen molar-refractivity contribution in [2.45, 2.75) is 59.0 Å². The molecule has 4 nitrogen and oxygen atoms in total. The quantitative estimate of drug-likeness (QED) is 0.498. The van der Waals surface area contributed by atoms with Gasteiger partial charge < -0.3 is 14.8 Å². The van der Waals surface area contributed by atoms with Gasteiger partial charge >= 0.3 is 6.09 Å². The van der Waals surface area contributed by atoms with E-state index in [1.165, 1.54) is 5.56 Å². The number of nitrogens with one attached hydrogen (secondary N) is 1. The maximum Gasteiger partial charge on any atom is 0.408 e. The Morgan fingerprint density at radius 1 is 0.966 bits per heavy atom. The van der Waals surface area contributed by atoms with Gasteiger partial charge in [0.25, 0.3) is 0 Å². The van der Waals surface area contributed by atoms with Crippen LogP contribution in [0.4, 0.5) is 4.79 Å². The van der Waals surface area contributed by atoms with Crippen molar-refractivity contribution in [1.82, 2.24) is 5.32 Å². The van der Waals surface area contributed by atoms with Crippen molar-refractivity contribution in [3.8, 4) is 5.75 Å². The summed E-state index contributed by atoms with van der Waals surface area (Å²) in [6.07, 6.45) is 2.61. The fourth-order valence-corrected chi connectivity index (χ4v) is 5.15. The molecule has 0 aliphatic carbocycles. The number of carbonyl (C=O) groups excluding carboxylic acids is 1. The van der Waals surface area contributed by atoms with Crippen LogP contribution >= 0.6 is 7.92 Å². The number of rotatable bonds is 9. The Balaban J connectivity index is 1.99. The van der Waals surface area contributed by atoms with E-state index < -0.39 is 5.60 Å². The second kappa shape index (κ2) is 11.2. The second-order valence-corrected chi connectivity index (χ2v) is 11.1. The highest BCUT2D eigenvalue weighted by Crippen LogP contribution is 2.40. The molecule has 1 atom stereocenters. The summed E-state index contributed by atoms with van der Waals surface area (Å²) in [6, 6.07) is 18.3. The molecule has 2 aromatic carbocycles. The van der Waals surface area contributed by atoms with Gasteiger partial charge in [-0.25, -0.2) is 4.79 Å². The molecule has 0 spiro atoms. The molecule has 0 fully saturated rings. The molecule has 2 rings (SSSR count). The normalized spacial score (nSPS) is 12.5. The van der Waals surface area contributed by atoms with Crippen molar-refractivity contribution in [2.75, 3.05) is 12.3 Å². The lowest BCUT2D eigenvalue weighted by atomic mass is 10.1. The average Bonchev–Trinajstić information content (AvgIpc) is 2.67. The van der Waals surface area contributed by atoms with Gasteiger partial charge in [-0.05, 0) is 62.8 Å². The number of ether oxygens (including phenoxy) is 2. The van der Waals surface area contributed by atoms with Crippen molar-refractivity contribution in [3.63, 3.8) is 0 Å². The third-order valence-corrected chi connectivity index (χ3v) is 7.36. The minimum absolute atomic E-state index is 0.103. The van der Waals surface area contributed by atoms with E-state index in [0.717, 1.165) is 30.1 Å². The summed E-state index contributed by atoms with van der Waals surface area (Å²) in [4.78, 5) is 12.3. The maximum atomic E-state index is 12.3. The zero-order chi connectivity index (χ0) is 21.3. The van der Waals surface area contributed by atoms with Crippen LogP contribution in [0.3, 0.4) is 0 Å². The molecule has 158 valence electrons. The molecule has 2 aromatic rings. The highest BCUT2D eigenvalue weighted by atomic mass is 31.1. The summed E-state index contributed by atoms with van der Waals surface area (Å²) in [5.74, 6) is 0.952. The third kappa shape index (κ3) is 8.45. The van der Waals surface area contributed by atoms with Crippen LogP contribution in [-0.4, -0.2) is 29.8 Å². The molecule has 29 heavy (non-hydrogen) atoms. The van der Waals surface area contributed by atoms with Crippen LogP contribution in [0, 0.1) is 0 Å². The van der Waals surface area contributed by atoms with Gasteiger partial charge in [0, 0.05) is 0 Å². The first kappa shape index (κ1) is 23.2. The van der Waals surface area contributed by atoms with Gasteiger partial charge in [0.15, 0.2) is 0 Å². The van der Waals surface area contributed by atoms with E-state index in [2.05, 4.69) is 43.4 Å². The Hall–Kier alpha value is -2.06. The molecule has 0 saturated heterocycles. The first-order chi connectivity index (χ1) is 13.8. The summed E-state index contributed by atoms with van der Waals surface area (Å²) in [5.41, 5.74) is 1.84. The largest absolute Gasteiger partial charge is 0.489 e. The van der Waals surface area contributed by atoms with Gasteiger partial charge in [0.05, 0.1) is 5.78 Å². The molecule has 0 heterocycles. The van der Waals surface area contributed by atoms with Crippen LogP contribution in [0.25, 0.3) is 0 Å². The fourth-order valence-electron chi connectivity index (χ4n) is 3.07. The third-order valence-electron chi connectivity index (χ3n) is 4.54. The number of hydrogen-bond acceptors (Lipinski definition) is 3. The van der Waals surface area contributed by atoms with E-state index in [1.807, 2.05) is 51.1 Å². The zero-order valence-electron chi connectivity index (χ0n) is 18.3. The Bertz CT molecular complexity index is 737. The molecule has 0 aliphatic rings. The SMILES string of the molecule is CCP(CC)C(Cc1ccc(OCc2ccccc2)cc1)NC(=O)OC(C)(C)C. The Kier molecular flexibility index (Phi) is 8.98. The lowest BCUT2D eigenvalue weighted by Crippen LogP contribution is -2.39. The van der Waals surface area contributed by atoms with Crippen molar-refractivity contribution < 1.29 is 14.3 Å². The highest BCUT2D eigenvalue weighted by Gasteiger charge is 2.24. The molecule has 5 heteroatoms. The first-order valence-corrected chi connectivity index (χ1v) is 12.1. The van der Waals surface area contributed by atoms with E-state index >= 15 is 0 Å². The molecule has 0 bridgehead atoms.